The van der Waals surface area contributed by atoms with Gasteiger partial charge in [-0.1, -0.05) is 84.0 Å². The van der Waals surface area contributed by atoms with Crippen molar-refractivity contribution in [2.24, 2.45) is 0 Å². The molecule has 1 radical (unpaired) electrons. The Labute approximate surface area is 371 Å². The van der Waals surface area contributed by atoms with E-state index in [0.717, 1.165) is 55.7 Å². The van der Waals surface area contributed by atoms with Crippen LogP contribution in [0.1, 0.15) is 67.5 Å². The van der Waals surface area contributed by atoms with E-state index < -0.39 is 13.3 Å². The average Bonchev–Trinajstić information content (AvgIpc) is 3.79. The summed E-state index contributed by atoms with van der Waals surface area (Å²) in [4.78, 5) is 14.3. The third-order valence-corrected chi connectivity index (χ3v) is 15.5. The number of benzene rings is 5. The summed E-state index contributed by atoms with van der Waals surface area (Å²) < 4.78 is 9.63. The summed E-state index contributed by atoms with van der Waals surface area (Å²) in [6, 6.07) is 47.4. The quantitative estimate of drug-likeness (QED) is 0.118. The second-order valence-electron chi connectivity index (χ2n) is 17.4. The van der Waals surface area contributed by atoms with Crippen LogP contribution in [0.25, 0.3) is 72.6 Å². The predicted octanol–water partition coefficient (Wildman–Crippen LogP) is 13.7. The SMILES string of the molecule is Cc1c[c-]c(-c2nc3ccccc3n2-c2c(C(C)C)cc(-c3ccccc3)cc2C(C)C)cc1C.Cc1ccc2c(n1)oc1c[c-]c(-c3cc[c]([Ge]([CH3])([CH3])[CH3])cn3)cc12.[Ir]. The molecule has 0 spiro atoms. The van der Waals surface area contributed by atoms with Gasteiger partial charge < -0.3 is 4.57 Å². The number of rotatable bonds is 7. The molecule has 0 aliphatic heterocycles. The standard InChI is InChI=1S/C33H33N2.C20H19GeN2O.Ir/c1-21(2)28-19-27(25-12-8-7-9-13-25)20-29(22(3)4)32(28)35-31-15-11-10-14-30(31)34-33(35)26-17-16-23(5)24(6)18-26;1-13-5-8-16-17-11-14(6-10-19(17)24-20(16)23-13)18-9-7-15(12-22-18)21(2,3)4;/h7-16,18-22H,1-6H3;5,7-12H,1-4H3;/q2*-1;. The summed E-state index contributed by atoms with van der Waals surface area (Å²) in [6.07, 6.45) is 2.03. The number of nitrogens with zero attached hydrogens (tertiary/aromatic N) is 4. The fourth-order valence-corrected chi connectivity index (χ4v) is 9.86. The number of hydrogen-bond donors (Lipinski definition) is 0. The van der Waals surface area contributed by atoms with Crippen LogP contribution < -0.4 is 4.40 Å². The monoisotopic (exact) mass is 1030 g/mol. The molecule has 0 saturated carbocycles. The van der Waals surface area contributed by atoms with Gasteiger partial charge in [-0.25, -0.2) is 0 Å². The molecule has 305 valence electrons. The summed E-state index contributed by atoms with van der Waals surface area (Å²) in [5.74, 6) is 8.78. The minimum Gasteiger partial charge on any atom is 0 e. The van der Waals surface area contributed by atoms with Crippen molar-refractivity contribution < 1.29 is 24.5 Å². The van der Waals surface area contributed by atoms with Crippen molar-refractivity contribution in [1.82, 2.24) is 19.5 Å². The molecule has 5 aromatic carbocycles. The molecule has 7 heteroatoms. The Morgan fingerprint density at radius 1 is 0.650 bits per heavy atom. The first-order chi connectivity index (χ1) is 28.3. The van der Waals surface area contributed by atoms with Gasteiger partial charge in [0.15, 0.2) is 0 Å². The first-order valence-electron chi connectivity index (χ1n) is 20.7. The molecule has 4 heterocycles. The molecular weight excluding hydrogens is 973 g/mol. The number of fused-ring (bicyclic) bond motifs is 4. The van der Waals surface area contributed by atoms with Crippen LogP contribution in [0.4, 0.5) is 0 Å². The van der Waals surface area contributed by atoms with E-state index in [4.69, 9.17) is 9.40 Å². The van der Waals surface area contributed by atoms with Gasteiger partial charge in [0.2, 0.25) is 0 Å². The number of furan rings is 1. The third-order valence-electron chi connectivity index (χ3n) is 11.3. The van der Waals surface area contributed by atoms with Gasteiger partial charge in [0.25, 0.3) is 0 Å². The van der Waals surface area contributed by atoms with Gasteiger partial charge >= 0.3 is 144 Å². The molecular formula is C53H52GeIrN4O-2. The minimum atomic E-state index is -1.83. The smallest absolute Gasteiger partial charge is 0 e. The maximum atomic E-state index is 5.83. The van der Waals surface area contributed by atoms with Gasteiger partial charge in [0, 0.05) is 25.8 Å². The molecule has 4 aromatic heterocycles. The van der Waals surface area contributed by atoms with E-state index in [-0.39, 0.29) is 20.1 Å². The average molecular weight is 1030 g/mol. The molecule has 0 unspecified atom stereocenters. The Kier molecular flexibility index (Phi) is 12.5. The topological polar surface area (TPSA) is 56.7 Å². The van der Waals surface area contributed by atoms with Crippen LogP contribution >= 0.6 is 0 Å². The molecule has 0 N–H and O–H groups in total. The van der Waals surface area contributed by atoms with Crippen LogP contribution in [0.5, 0.6) is 0 Å². The summed E-state index contributed by atoms with van der Waals surface area (Å²) >= 11 is -1.83. The van der Waals surface area contributed by atoms with Crippen molar-refractivity contribution in [2.45, 2.75) is 77.6 Å². The molecule has 0 bridgehead atoms. The van der Waals surface area contributed by atoms with Gasteiger partial charge in [0.05, 0.1) is 16.9 Å². The van der Waals surface area contributed by atoms with Gasteiger partial charge in [-0.3, -0.25) is 4.98 Å². The number of pyridine rings is 2. The number of para-hydroxylation sites is 2. The molecule has 9 aromatic rings. The zero-order valence-electron chi connectivity index (χ0n) is 36.2. The number of hydrogen-bond acceptors (Lipinski definition) is 4. The zero-order chi connectivity index (χ0) is 41.6. The van der Waals surface area contributed by atoms with Crippen molar-refractivity contribution in [3.8, 4) is 39.5 Å². The van der Waals surface area contributed by atoms with E-state index in [1.54, 1.807) is 0 Å². The second-order valence-corrected chi connectivity index (χ2v) is 28.0. The molecule has 0 amide bonds. The molecule has 0 atom stereocenters. The number of aryl methyl sites for hydroxylation is 3. The van der Waals surface area contributed by atoms with Crippen LogP contribution in [0.2, 0.25) is 17.3 Å². The Balaban J connectivity index is 0.000000191. The summed E-state index contributed by atoms with van der Waals surface area (Å²) in [5.41, 5.74) is 16.5. The molecule has 0 saturated heterocycles. The zero-order valence-corrected chi connectivity index (χ0v) is 40.7. The van der Waals surface area contributed by atoms with E-state index in [9.17, 15) is 0 Å². The largest absolute Gasteiger partial charge is 0 e. The molecule has 5 nitrogen and oxygen atoms in total. The fourth-order valence-electron chi connectivity index (χ4n) is 7.69. The molecule has 9 rings (SSSR count). The van der Waals surface area contributed by atoms with Crippen LogP contribution in [-0.4, -0.2) is 32.8 Å². The van der Waals surface area contributed by atoms with Gasteiger partial charge in [-0.05, 0) is 58.4 Å². The van der Waals surface area contributed by atoms with Crippen LogP contribution in [-0.2, 0) is 20.1 Å². The van der Waals surface area contributed by atoms with Crippen molar-refractivity contribution in [1.29, 1.82) is 0 Å². The van der Waals surface area contributed by atoms with Crippen LogP contribution in [0, 0.1) is 32.9 Å². The maximum Gasteiger partial charge on any atom is 0 e. The first-order valence-corrected chi connectivity index (χ1v) is 28.0. The summed E-state index contributed by atoms with van der Waals surface area (Å²) in [6.45, 7) is 15.4. The third kappa shape index (κ3) is 8.56. The van der Waals surface area contributed by atoms with E-state index in [1.807, 2.05) is 25.3 Å². The summed E-state index contributed by atoms with van der Waals surface area (Å²) in [5, 5.41) is 2.10. The Bertz CT molecular complexity index is 2930. The van der Waals surface area contributed by atoms with Crippen LogP contribution in [0.15, 0.2) is 126 Å². The predicted molar refractivity (Wildman–Crippen MR) is 250 cm³/mol. The fraction of sp³-hybridized carbons (Fsp3) is 0.226. The van der Waals surface area contributed by atoms with Gasteiger partial charge in [0.1, 0.15) is 0 Å². The van der Waals surface area contributed by atoms with Crippen molar-refractivity contribution in [3.63, 3.8) is 0 Å². The van der Waals surface area contributed by atoms with E-state index >= 15 is 0 Å². The van der Waals surface area contributed by atoms with Crippen molar-refractivity contribution in [3.05, 3.63) is 162 Å². The van der Waals surface area contributed by atoms with Crippen molar-refractivity contribution >= 4 is 50.8 Å². The van der Waals surface area contributed by atoms with Crippen molar-refractivity contribution in [2.75, 3.05) is 0 Å². The Morgan fingerprint density at radius 2 is 1.33 bits per heavy atom. The summed E-state index contributed by atoms with van der Waals surface area (Å²) in [7, 11) is 0. The molecule has 0 aliphatic carbocycles. The number of aromatic nitrogens is 4. The molecule has 60 heavy (non-hydrogen) atoms. The molecule has 0 fully saturated rings. The Morgan fingerprint density at radius 3 is 1.98 bits per heavy atom. The van der Waals surface area contributed by atoms with E-state index in [1.165, 1.54) is 43.5 Å². The second kappa shape index (κ2) is 17.5. The Hall–Kier alpha value is -5.14. The number of imidazole rings is 1. The van der Waals surface area contributed by atoms with Gasteiger partial charge in [-0.2, -0.15) is 0 Å². The van der Waals surface area contributed by atoms with Gasteiger partial charge in [-0.15, -0.1) is 34.9 Å². The van der Waals surface area contributed by atoms with E-state index in [0.29, 0.717) is 17.5 Å². The van der Waals surface area contributed by atoms with E-state index in [2.05, 4.69) is 189 Å². The van der Waals surface area contributed by atoms with Crippen LogP contribution in [0.3, 0.4) is 0 Å². The normalized spacial score (nSPS) is 11.7. The maximum absolute atomic E-state index is 5.83. The first kappa shape index (κ1) is 43.0. The molecule has 0 aliphatic rings. The minimum absolute atomic E-state index is 0.